The summed E-state index contributed by atoms with van der Waals surface area (Å²) in [7, 11) is 1.70. The van der Waals surface area contributed by atoms with Crippen LogP contribution in [0, 0.1) is 19.7 Å². The van der Waals surface area contributed by atoms with Crippen molar-refractivity contribution in [2.24, 2.45) is 0 Å². The second-order valence-corrected chi connectivity index (χ2v) is 7.33. The number of halogens is 1. The summed E-state index contributed by atoms with van der Waals surface area (Å²) in [5.74, 6) is -0.202. The van der Waals surface area contributed by atoms with E-state index in [4.69, 9.17) is 0 Å². The van der Waals surface area contributed by atoms with Gasteiger partial charge in [-0.3, -0.25) is 4.79 Å². The predicted molar refractivity (Wildman–Crippen MR) is 102 cm³/mol. The van der Waals surface area contributed by atoms with E-state index in [0.717, 1.165) is 22.4 Å². The molecule has 1 aromatic heterocycles. The third-order valence-electron chi connectivity index (χ3n) is 3.95. The van der Waals surface area contributed by atoms with Crippen molar-refractivity contribution >= 4 is 17.7 Å². The topological polar surface area (TPSA) is 63.9 Å². The first-order valence-corrected chi connectivity index (χ1v) is 9.39. The highest BCUT2D eigenvalue weighted by Gasteiger charge is 2.15. The summed E-state index contributed by atoms with van der Waals surface area (Å²) < 4.78 is 14.9. The molecule has 0 aliphatic heterocycles. The lowest BCUT2D eigenvalue weighted by Gasteiger charge is -2.17. The molecule has 0 atom stereocenters. The summed E-state index contributed by atoms with van der Waals surface area (Å²) >= 11 is 1.27. The van der Waals surface area contributed by atoms with Gasteiger partial charge in [-0.05, 0) is 65.2 Å². The molecule has 2 aromatic carbocycles. The van der Waals surface area contributed by atoms with Crippen molar-refractivity contribution in [1.29, 1.82) is 0 Å². The lowest BCUT2D eigenvalue weighted by atomic mass is 10.1. The predicted octanol–water partition coefficient (Wildman–Crippen LogP) is 3.17. The van der Waals surface area contributed by atoms with Gasteiger partial charge in [0.1, 0.15) is 5.82 Å². The van der Waals surface area contributed by atoms with Crippen molar-refractivity contribution in [2.75, 3.05) is 12.8 Å². The normalized spacial score (nSPS) is 10.8. The second kappa shape index (κ2) is 8.30. The number of carbonyl (C=O) groups is 1. The molecule has 3 aromatic rings. The molecule has 27 heavy (non-hydrogen) atoms. The van der Waals surface area contributed by atoms with Crippen LogP contribution in [0.15, 0.2) is 47.6 Å². The number of hydrogen-bond donors (Lipinski definition) is 0. The lowest BCUT2D eigenvalue weighted by Crippen LogP contribution is -2.28. The van der Waals surface area contributed by atoms with E-state index < -0.39 is 0 Å². The zero-order chi connectivity index (χ0) is 19.4. The van der Waals surface area contributed by atoms with Crippen molar-refractivity contribution in [3.63, 3.8) is 0 Å². The van der Waals surface area contributed by atoms with Gasteiger partial charge in [-0.1, -0.05) is 30.0 Å². The fourth-order valence-electron chi connectivity index (χ4n) is 2.74. The minimum Gasteiger partial charge on any atom is -0.341 e. The Morgan fingerprint density at radius 1 is 1.19 bits per heavy atom. The number of nitrogens with zero attached hydrogens (tertiary/aromatic N) is 5. The number of carbonyl (C=O) groups excluding carboxylic acids is 1. The highest BCUT2D eigenvalue weighted by atomic mass is 32.2. The van der Waals surface area contributed by atoms with Crippen LogP contribution >= 0.6 is 11.8 Å². The fourth-order valence-corrected chi connectivity index (χ4v) is 3.57. The number of thioether (sulfide) groups is 1. The Morgan fingerprint density at radius 3 is 2.63 bits per heavy atom. The Kier molecular flexibility index (Phi) is 5.85. The van der Waals surface area contributed by atoms with Crippen LogP contribution in [0.25, 0.3) is 5.69 Å². The van der Waals surface area contributed by atoms with E-state index in [0.29, 0.717) is 11.7 Å². The molecule has 0 aliphatic carbocycles. The smallest absolute Gasteiger partial charge is 0.233 e. The first-order chi connectivity index (χ1) is 12.9. The SMILES string of the molecule is Cc1cc(C)cc(-n2nnnc2SCC(=O)N(C)Cc2cccc(F)c2)c1. The number of aromatic nitrogens is 4. The molecular formula is C19H20FN5OS. The molecule has 1 heterocycles. The van der Waals surface area contributed by atoms with Crippen LogP contribution in [0.2, 0.25) is 0 Å². The van der Waals surface area contributed by atoms with Crippen molar-refractivity contribution < 1.29 is 9.18 Å². The van der Waals surface area contributed by atoms with E-state index in [1.165, 1.54) is 23.9 Å². The summed E-state index contributed by atoms with van der Waals surface area (Å²) in [6.07, 6.45) is 0. The van der Waals surface area contributed by atoms with Crippen LogP contribution in [-0.2, 0) is 11.3 Å². The molecule has 0 unspecified atom stereocenters. The molecule has 0 bridgehead atoms. The number of benzene rings is 2. The zero-order valence-electron chi connectivity index (χ0n) is 15.4. The Balaban J connectivity index is 1.65. The third kappa shape index (κ3) is 4.91. The highest BCUT2D eigenvalue weighted by Crippen LogP contribution is 2.20. The number of hydrogen-bond acceptors (Lipinski definition) is 5. The molecule has 0 N–H and O–H groups in total. The summed E-state index contributed by atoms with van der Waals surface area (Å²) in [5.41, 5.74) is 3.83. The van der Waals surface area contributed by atoms with Crippen LogP contribution in [0.1, 0.15) is 16.7 Å². The van der Waals surface area contributed by atoms with Crippen molar-refractivity contribution in [1.82, 2.24) is 25.1 Å². The zero-order valence-corrected chi connectivity index (χ0v) is 16.2. The van der Waals surface area contributed by atoms with Gasteiger partial charge in [0, 0.05) is 13.6 Å². The number of rotatable bonds is 6. The second-order valence-electron chi connectivity index (χ2n) is 6.39. The maximum Gasteiger partial charge on any atom is 0.233 e. The molecule has 140 valence electrons. The molecule has 0 aliphatic rings. The molecule has 0 saturated heterocycles. The molecule has 0 radical (unpaired) electrons. The van der Waals surface area contributed by atoms with Gasteiger partial charge in [0.2, 0.25) is 11.1 Å². The number of aryl methyl sites for hydroxylation is 2. The van der Waals surface area contributed by atoms with Gasteiger partial charge in [-0.2, -0.15) is 4.68 Å². The standard InChI is InChI=1S/C19H20FN5OS/c1-13-7-14(2)9-17(8-13)25-19(21-22-23-25)27-12-18(26)24(3)11-15-5-4-6-16(20)10-15/h4-10H,11-12H2,1-3H3. The van der Waals surface area contributed by atoms with E-state index in [9.17, 15) is 9.18 Å². The van der Waals surface area contributed by atoms with Crippen LogP contribution in [0.3, 0.4) is 0 Å². The molecule has 0 saturated carbocycles. The maximum atomic E-state index is 13.3. The first kappa shape index (κ1) is 19.0. The minimum atomic E-state index is -0.310. The third-order valence-corrected chi connectivity index (χ3v) is 4.86. The average Bonchev–Trinajstić information content (AvgIpc) is 3.07. The van der Waals surface area contributed by atoms with Gasteiger partial charge in [0.25, 0.3) is 0 Å². The fraction of sp³-hybridized carbons (Fsp3) is 0.263. The van der Waals surface area contributed by atoms with Crippen LogP contribution in [0.5, 0.6) is 0 Å². The maximum absolute atomic E-state index is 13.3. The largest absolute Gasteiger partial charge is 0.341 e. The van der Waals surface area contributed by atoms with Crippen molar-refractivity contribution in [3.8, 4) is 5.69 Å². The summed E-state index contributed by atoms with van der Waals surface area (Å²) in [4.78, 5) is 14.0. The number of amides is 1. The number of tetrazole rings is 1. The van der Waals surface area contributed by atoms with Gasteiger partial charge >= 0.3 is 0 Å². The summed E-state index contributed by atoms with van der Waals surface area (Å²) in [6.45, 7) is 4.37. The van der Waals surface area contributed by atoms with E-state index in [1.54, 1.807) is 28.8 Å². The van der Waals surface area contributed by atoms with Crippen LogP contribution < -0.4 is 0 Å². The van der Waals surface area contributed by atoms with Gasteiger partial charge in [-0.15, -0.1) is 5.10 Å². The summed E-state index contributed by atoms with van der Waals surface area (Å²) in [5, 5.41) is 12.3. The molecule has 8 heteroatoms. The van der Waals surface area contributed by atoms with Gasteiger partial charge in [-0.25, -0.2) is 4.39 Å². The molecule has 1 amide bonds. The monoisotopic (exact) mass is 385 g/mol. The molecular weight excluding hydrogens is 365 g/mol. The first-order valence-electron chi connectivity index (χ1n) is 8.40. The molecule has 0 spiro atoms. The Morgan fingerprint density at radius 2 is 1.93 bits per heavy atom. The lowest BCUT2D eigenvalue weighted by molar-refractivity contribution is -0.127. The average molecular weight is 385 g/mol. The Bertz CT molecular complexity index is 939. The van der Waals surface area contributed by atoms with Crippen molar-refractivity contribution in [3.05, 3.63) is 65.0 Å². The molecule has 0 fully saturated rings. The van der Waals surface area contributed by atoms with Gasteiger partial charge in [0.05, 0.1) is 11.4 Å². The minimum absolute atomic E-state index is 0.0840. The van der Waals surface area contributed by atoms with Crippen LogP contribution in [-0.4, -0.2) is 43.8 Å². The van der Waals surface area contributed by atoms with E-state index in [1.807, 2.05) is 26.0 Å². The van der Waals surface area contributed by atoms with E-state index in [-0.39, 0.29) is 17.5 Å². The van der Waals surface area contributed by atoms with Crippen LogP contribution in [0.4, 0.5) is 4.39 Å². The Hall–Kier alpha value is -2.74. The quantitative estimate of drug-likeness (QED) is 0.610. The van der Waals surface area contributed by atoms with E-state index >= 15 is 0 Å². The molecule has 6 nitrogen and oxygen atoms in total. The molecule has 3 rings (SSSR count). The summed E-state index contributed by atoms with van der Waals surface area (Å²) in [6, 6.07) is 12.3. The van der Waals surface area contributed by atoms with Gasteiger partial charge < -0.3 is 4.90 Å². The Labute approximate surface area is 161 Å². The van der Waals surface area contributed by atoms with Gasteiger partial charge in [0.15, 0.2) is 0 Å². The van der Waals surface area contributed by atoms with Crippen molar-refractivity contribution in [2.45, 2.75) is 25.5 Å². The van der Waals surface area contributed by atoms with E-state index in [2.05, 4.69) is 21.6 Å². The highest BCUT2D eigenvalue weighted by molar-refractivity contribution is 7.99.